The number of methoxy groups -OCH3 is 5. The van der Waals surface area contributed by atoms with Gasteiger partial charge in [0, 0.05) is 69.3 Å². The van der Waals surface area contributed by atoms with Crippen molar-refractivity contribution in [2.45, 2.75) is 159 Å². The van der Waals surface area contributed by atoms with Gasteiger partial charge >= 0.3 is 35.8 Å². The van der Waals surface area contributed by atoms with Gasteiger partial charge < -0.3 is 48.7 Å². The van der Waals surface area contributed by atoms with Crippen molar-refractivity contribution >= 4 is 64.8 Å². The minimum Gasteiger partial charge on any atom is -0.476 e. The van der Waals surface area contributed by atoms with Crippen LogP contribution >= 0.6 is 11.6 Å². The predicted molar refractivity (Wildman–Crippen MR) is 273 cm³/mol. The molecule has 0 atom stereocenters. The van der Waals surface area contributed by atoms with E-state index in [1.807, 2.05) is 27.7 Å². The number of aliphatic hydroxyl groups excluding tert-OH is 2. The van der Waals surface area contributed by atoms with Gasteiger partial charge in [0.15, 0.2) is 0 Å². The zero-order valence-corrected chi connectivity index (χ0v) is 46.7. The van der Waals surface area contributed by atoms with Crippen molar-refractivity contribution in [3.8, 4) is 0 Å². The standard InChI is InChI=1S/C13H25N.C7H12O2.2C6H10O2.C5H8O2.C4H6O3.C3H4O3.C3H6O.CH3Cl.2CH4O/c1-14(12-8-4-2-5-9-12)13-10-6-3-7-11-13;1-5(2)6(3)7(8)9-4;1-5(2)4-6(7)8-3;1-4-5(2)6(7)8-3;1-4(2)5(6)7-3;1-3(5)4(6)7-2;1-2(4)3(5)6;1-3(2)4;3*1-2/h12-13H,2-11H2,1H3;1-4H3;2*4H,1-3H3;1H2,2-3H3;1-2H3;1H3,(H,5,6);1-2H3;1H3;2*2H,1H3/b;;;5-4+;;;;;;;. The van der Waals surface area contributed by atoms with Gasteiger partial charge in [-0.2, -0.15) is 0 Å². The molecular weight excluding hydrogens is 922 g/mol. The quantitative estimate of drug-likeness (QED) is 0.0680. The summed E-state index contributed by atoms with van der Waals surface area (Å²) >= 11 is 4.64. The number of aliphatic carboxylic acids is 1. The summed E-state index contributed by atoms with van der Waals surface area (Å²) in [6.07, 6.45) is 19.3. The number of Topliss-reactive ketones (excluding diaryl/α,β-unsaturated/α-hetero) is 3. The van der Waals surface area contributed by atoms with Crippen molar-refractivity contribution in [2.75, 3.05) is 63.2 Å². The van der Waals surface area contributed by atoms with Gasteiger partial charge in [0.1, 0.15) is 5.78 Å². The lowest BCUT2D eigenvalue weighted by Crippen LogP contribution is -2.42. The molecule has 0 aliphatic heterocycles. The van der Waals surface area contributed by atoms with E-state index in [1.54, 1.807) is 33.8 Å². The highest BCUT2D eigenvalue weighted by atomic mass is 35.5. The Kier molecular flexibility index (Phi) is 74.2. The number of halogens is 1. The first-order valence-electron chi connectivity index (χ1n) is 21.8. The summed E-state index contributed by atoms with van der Waals surface area (Å²) in [5.74, 6) is -4.53. The Labute approximate surface area is 419 Å². The molecule has 0 radical (unpaired) electrons. The fourth-order valence-electron chi connectivity index (χ4n) is 4.52. The Bertz CT molecular complexity index is 1440. The van der Waals surface area contributed by atoms with Gasteiger partial charge in [-0.15, -0.1) is 11.6 Å². The van der Waals surface area contributed by atoms with Crippen LogP contribution in [-0.2, 0) is 66.8 Å². The van der Waals surface area contributed by atoms with Crippen molar-refractivity contribution in [1.29, 1.82) is 0 Å². The molecule has 2 rings (SSSR count). The van der Waals surface area contributed by atoms with Gasteiger partial charge in [0.25, 0.3) is 0 Å². The Morgan fingerprint density at radius 2 is 0.841 bits per heavy atom. The van der Waals surface area contributed by atoms with Crippen LogP contribution in [-0.4, -0.2) is 149 Å². The molecule has 2 aliphatic rings. The maximum atomic E-state index is 10.7. The average Bonchev–Trinajstić information content (AvgIpc) is 3.35. The van der Waals surface area contributed by atoms with Crippen LogP contribution in [0.5, 0.6) is 0 Å². The van der Waals surface area contributed by atoms with Gasteiger partial charge in [-0.1, -0.05) is 62.3 Å². The number of aliphatic hydroxyl groups is 2. The van der Waals surface area contributed by atoms with Crippen molar-refractivity contribution in [1.82, 2.24) is 4.90 Å². The molecule has 0 saturated heterocycles. The van der Waals surface area contributed by atoms with Crippen molar-refractivity contribution in [3.05, 3.63) is 46.6 Å². The molecule has 0 unspecified atom stereocenters. The van der Waals surface area contributed by atoms with Gasteiger partial charge in [0.05, 0.1) is 35.5 Å². The van der Waals surface area contributed by atoms with Crippen LogP contribution in [0.3, 0.4) is 0 Å². The third-order valence-electron chi connectivity index (χ3n) is 8.40. The third kappa shape index (κ3) is 67.3. The monoisotopic (exact) mass is 1010 g/mol. The van der Waals surface area contributed by atoms with E-state index in [-0.39, 0.29) is 29.7 Å². The Morgan fingerprint density at radius 3 is 0.957 bits per heavy atom. The van der Waals surface area contributed by atoms with E-state index in [2.05, 4.69) is 53.8 Å². The topological polar surface area (TPSA) is 264 Å². The van der Waals surface area contributed by atoms with Crippen LogP contribution in [0, 0.1) is 0 Å². The summed E-state index contributed by atoms with van der Waals surface area (Å²) in [7, 11) is 11.0. The van der Waals surface area contributed by atoms with Crippen LogP contribution in [0.2, 0.25) is 0 Å². The second-order valence-electron chi connectivity index (χ2n) is 14.7. The summed E-state index contributed by atoms with van der Waals surface area (Å²) < 4.78 is 21.5. The van der Waals surface area contributed by atoms with Crippen LogP contribution in [0.1, 0.15) is 147 Å². The number of carbonyl (C=O) groups excluding carboxylic acids is 8. The van der Waals surface area contributed by atoms with E-state index in [1.165, 1.54) is 126 Å². The number of carboxylic acids is 1. The zero-order chi connectivity index (χ0) is 56.8. The average molecular weight is 1010 g/mol. The number of carbonyl (C=O) groups is 9. The maximum absolute atomic E-state index is 10.7. The first-order valence-corrected chi connectivity index (χ1v) is 22.5. The van der Waals surface area contributed by atoms with Crippen LogP contribution in [0.15, 0.2) is 46.6 Å². The highest BCUT2D eigenvalue weighted by Crippen LogP contribution is 2.28. The number of esters is 5. The lowest BCUT2D eigenvalue weighted by atomic mass is 9.89. The molecule has 69 heavy (non-hydrogen) atoms. The SMILES string of the molecule is C/C=C(\C)C(=O)OC.C=C(C)C(=O)OC.CC(=O)C(=O)O.CC(C)=O.CCl.CN(C1CCCCC1)C1CCCCC1.CO.CO.COC(=O)C(C)=C(C)C.COC(=O)C(C)=O.COC(=O)C=C(C)C. The van der Waals surface area contributed by atoms with E-state index < -0.39 is 23.5 Å². The second kappa shape index (κ2) is 61.0. The molecule has 0 aromatic rings. The number of allylic oxidation sites excluding steroid dienone is 3. The number of rotatable bonds is 8. The second-order valence-corrected chi connectivity index (χ2v) is 14.7. The third-order valence-corrected chi connectivity index (χ3v) is 8.40. The lowest BCUT2D eigenvalue weighted by Gasteiger charge is -2.39. The first-order chi connectivity index (χ1) is 32.1. The molecule has 0 spiro atoms. The molecule has 406 valence electrons. The van der Waals surface area contributed by atoms with Gasteiger partial charge in [-0.3, -0.25) is 9.59 Å². The van der Waals surface area contributed by atoms with E-state index in [9.17, 15) is 43.2 Å². The highest BCUT2D eigenvalue weighted by Gasteiger charge is 2.25. The smallest absolute Gasteiger partial charge is 0.374 e. The normalized spacial score (nSPS) is 11.6. The fraction of sp³-hybridized carbons (Fsp3) is 0.660. The zero-order valence-electron chi connectivity index (χ0n) is 46.0. The number of ether oxygens (including phenoxy) is 5. The van der Waals surface area contributed by atoms with Gasteiger partial charge in [-0.05, 0) is 102 Å². The molecule has 18 nitrogen and oxygen atoms in total. The van der Waals surface area contributed by atoms with E-state index in [0.29, 0.717) is 16.7 Å². The molecule has 0 heterocycles. The largest absolute Gasteiger partial charge is 0.476 e. The molecule has 2 saturated carbocycles. The number of nitrogens with zero attached hydrogens (tertiary/aromatic N) is 1. The number of hydrogen-bond acceptors (Lipinski definition) is 17. The van der Waals surface area contributed by atoms with Crippen molar-refractivity contribution in [3.63, 3.8) is 0 Å². The number of ketones is 3. The minimum absolute atomic E-state index is 0.167. The Hall–Kier alpha value is -5.04. The Morgan fingerprint density at radius 1 is 0.536 bits per heavy atom. The predicted octanol–water partition coefficient (Wildman–Crippen LogP) is 8.16. The molecule has 2 fully saturated rings. The number of hydrogen-bond donors (Lipinski definition) is 3. The van der Waals surface area contributed by atoms with Crippen LogP contribution < -0.4 is 0 Å². The van der Waals surface area contributed by atoms with Crippen LogP contribution in [0.25, 0.3) is 0 Å². The lowest BCUT2D eigenvalue weighted by molar-refractivity contribution is -0.150. The summed E-state index contributed by atoms with van der Waals surface area (Å²) in [5.41, 5.74) is 3.73. The minimum atomic E-state index is -1.38. The van der Waals surface area contributed by atoms with Crippen molar-refractivity contribution < 1.29 is 82.2 Å². The van der Waals surface area contributed by atoms with E-state index >= 15 is 0 Å². The molecule has 0 bridgehead atoms. The van der Waals surface area contributed by atoms with E-state index in [0.717, 1.165) is 51.3 Å². The highest BCUT2D eigenvalue weighted by molar-refractivity contribution is 6.32. The van der Waals surface area contributed by atoms with Gasteiger partial charge in [-0.25, -0.2) is 28.8 Å². The molecule has 19 heteroatoms. The molecule has 2 aliphatic carbocycles. The summed E-state index contributed by atoms with van der Waals surface area (Å²) in [6, 6.07) is 1.85. The van der Waals surface area contributed by atoms with Crippen molar-refractivity contribution in [2.24, 2.45) is 0 Å². The van der Waals surface area contributed by atoms with Crippen LogP contribution in [0.4, 0.5) is 0 Å². The fourth-order valence-corrected chi connectivity index (χ4v) is 4.52. The molecule has 0 aromatic heterocycles. The summed E-state index contributed by atoms with van der Waals surface area (Å²) in [4.78, 5) is 92.5. The Balaban J connectivity index is -0.0000000857. The molecule has 0 aromatic carbocycles. The first kappa shape index (κ1) is 83.9. The number of carboxylic acid groups (broad SMARTS) is 1. The summed E-state index contributed by atoms with van der Waals surface area (Å²) in [6.45, 7) is 22.9. The molecular formula is C50H92ClNO17. The molecule has 0 amide bonds. The number of alkyl halides is 1. The van der Waals surface area contributed by atoms with Gasteiger partial charge in [0.2, 0.25) is 11.6 Å². The summed E-state index contributed by atoms with van der Waals surface area (Å²) in [5, 5.41) is 21.6. The maximum Gasteiger partial charge on any atom is 0.374 e. The molecule has 3 N–H and O–H groups in total. The van der Waals surface area contributed by atoms with E-state index in [4.69, 9.17) is 15.3 Å².